The summed E-state index contributed by atoms with van der Waals surface area (Å²) in [6.45, 7) is 3.14. The van der Waals surface area contributed by atoms with Gasteiger partial charge in [0, 0.05) is 30.1 Å². The molecule has 2 nitrogen and oxygen atoms in total. The molecule has 0 unspecified atom stereocenters. The second-order valence-electron chi connectivity index (χ2n) is 5.46. The minimum atomic E-state index is 0.356. The minimum absolute atomic E-state index is 0.356. The van der Waals surface area contributed by atoms with E-state index in [-0.39, 0.29) is 0 Å². The molecule has 1 saturated heterocycles. The predicted octanol–water partition coefficient (Wildman–Crippen LogP) is 3.65. The zero-order valence-corrected chi connectivity index (χ0v) is 13.0. The van der Waals surface area contributed by atoms with Gasteiger partial charge in [-0.15, -0.1) is 0 Å². The van der Waals surface area contributed by atoms with E-state index in [4.69, 9.17) is 5.73 Å². The lowest BCUT2D eigenvalue weighted by Gasteiger charge is -2.15. The minimum Gasteiger partial charge on any atom is -0.326 e. The molecule has 0 bridgehead atoms. The number of halogens is 1. The Morgan fingerprint density at radius 3 is 2.50 bits per heavy atom. The van der Waals surface area contributed by atoms with E-state index in [1.165, 1.54) is 16.7 Å². The third-order valence-corrected chi connectivity index (χ3v) is 4.55. The summed E-state index contributed by atoms with van der Waals surface area (Å²) in [6, 6.07) is 17.5. The molecule has 104 valence electrons. The first-order chi connectivity index (χ1) is 9.72. The highest BCUT2D eigenvalue weighted by Gasteiger charge is 2.18. The predicted molar refractivity (Wildman–Crippen MR) is 87.4 cm³/mol. The van der Waals surface area contributed by atoms with Crippen molar-refractivity contribution in [2.45, 2.75) is 19.0 Å². The van der Waals surface area contributed by atoms with Crippen molar-refractivity contribution in [1.82, 2.24) is 4.90 Å². The first-order valence-corrected chi connectivity index (χ1v) is 7.83. The highest BCUT2D eigenvalue weighted by molar-refractivity contribution is 9.10. The lowest BCUT2D eigenvalue weighted by molar-refractivity contribution is 0.327. The average molecular weight is 331 g/mol. The Morgan fingerprint density at radius 1 is 1.10 bits per heavy atom. The van der Waals surface area contributed by atoms with Gasteiger partial charge in [-0.05, 0) is 29.2 Å². The fourth-order valence-corrected chi connectivity index (χ4v) is 3.26. The highest BCUT2D eigenvalue weighted by Crippen LogP contribution is 2.28. The van der Waals surface area contributed by atoms with Crippen LogP contribution in [0.4, 0.5) is 0 Å². The Balaban J connectivity index is 1.73. The van der Waals surface area contributed by atoms with Gasteiger partial charge in [0.25, 0.3) is 0 Å². The van der Waals surface area contributed by atoms with E-state index >= 15 is 0 Å². The maximum atomic E-state index is 5.95. The van der Waals surface area contributed by atoms with Crippen molar-refractivity contribution in [2.75, 3.05) is 13.1 Å². The van der Waals surface area contributed by atoms with Crippen LogP contribution in [0.15, 0.2) is 53.0 Å². The van der Waals surface area contributed by atoms with Gasteiger partial charge >= 0.3 is 0 Å². The largest absolute Gasteiger partial charge is 0.326 e. The molecule has 2 aromatic rings. The molecule has 2 aromatic carbocycles. The Hall–Kier alpha value is -1.16. The fourth-order valence-electron chi connectivity index (χ4n) is 2.75. The summed E-state index contributed by atoms with van der Waals surface area (Å²) in [5.74, 6) is 0. The molecule has 0 saturated carbocycles. The zero-order valence-electron chi connectivity index (χ0n) is 11.4. The van der Waals surface area contributed by atoms with Crippen molar-refractivity contribution in [2.24, 2.45) is 5.73 Å². The van der Waals surface area contributed by atoms with Crippen LogP contribution in [0.25, 0.3) is 11.1 Å². The van der Waals surface area contributed by atoms with Gasteiger partial charge in [0.1, 0.15) is 0 Å². The van der Waals surface area contributed by atoms with Crippen LogP contribution in [-0.4, -0.2) is 24.0 Å². The number of benzene rings is 2. The van der Waals surface area contributed by atoms with Gasteiger partial charge in [-0.1, -0.05) is 58.4 Å². The molecule has 1 aliphatic rings. The second kappa shape index (κ2) is 6.08. The molecule has 20 heavy (non-hydrogen) atoms. The van der Waals surface area contributed by atoms with E-state index < -0.39 is 0 Å². The molecule has 0 aliphatic carbocycles. The number of nitrogens with zero attached hydrogens (tertiary/aromatic N) is 1. The van der Waals surface area contributed by atoms with Crippen LogP contribution in [0, 0.1) is 0 Å². The smallest absolute Gasteiger partial charge is 0.0253 e. The molecule has 3 heteroatoms. The molecule has 0 aromatic heterocycles. The Morgan fingerprint density at radius 2 is 1.85 bits per heavy atom. The first-order valence-electron chi connectivity index (χ1n) is 7.04. The molecule has 1 heterocycles. The molecule has 0 amide bonds. The SMILES string of the molecule is N[C@H]1CCN(Cc2ccc(-c3ccccc3Br)cc2)C1. The van der Waals surface area contributed by atoms with Gasteiger partial charge in [0.2, 0.25) is 0 Å². The summed E-state index contributed by atoms with van der Waals surface area (Å²) in [6.07, 6.45) is 1.12. The molecule has 0 spiro atoms. The van der Waals surface area contributed by atoms with Crippen molar-refractivity contribution >= 4 is 15.9 Å². The van der Waals surface area contributed by atoms with Gasteiger partial charge < -0.3 is 5.73 Å². The molecule has 3 rings (SSSR count). The summed E-state index contributed by atoms with van der Waals surface area (Å²) in [4.78, 5) is 2.43. The molecule has 1 fully saturated rings. The summed E-state index contributed by atoms with van der Waals surface area (Å²) in [5.41, 5.74) is 9.79. The van der Waals surface area contributed by atoms with E-state index in [1.807, 2.05) is 6.07 Å². The third kappa shape index (κ3) is 3.11. The topological polar surface area (TPSA) is 29.3 Å². The van der Waals surface area contributed by atoms with Crippen molar-refractivity contribution in [3.8, 4) is 11.1 Å². The lowest BCUT2D eigenvalue weighted by atomic mass is 10.0. The molecule has 1 aliphatic heterocycles. The van der Waals surface area contributed by atoms with Crippen LogP contribution in [0.1, 0.15) is 12.0 Å². The monoisotopic (exact) mass is 330 g/mol. The second-order valence-corrected chi connectivity index (χ2v) is 6.31. The zero-order chi connectivity index (χ0) is 13.9. The van der Waals surface area contributed by atoms with Gasteiger partial charge in [0.15, 0.2) is 0 Å². The van der Waals surface area contributed by atoms with Crippen LogP contribution >= 0.6 is 15.9 Å². The molecule has 0 radical (unpaired) electrons. The van der Waals surface area contributed by atoms with Gasteiger partial charge in [-0.25, -0.2) is 0 Å². The molecule has 1 atom stereocenters. The molecule has 2 N–H and O–H groups in total. The van der Waals surface area contributed by atoms with Crippen LogP contribution < -0.4 is 5.73 Å². The molecular formula is C17H19BrN2. The number of hydrogen-bond donors (Lipinski definition) is 1. The normalized spacial score (nSPS) is 19.4. The first kappa shape index (κ1) is 13.8. The maximum Gasteiger partial charge on any atom is 0.0253 e. The number of nitrogens with two attached hydrogens (primary N) is 1. The third-order valence-electron chi connectivity index (χ3n) is 3.85. The number of rotatable bonds is 3. The Bertz CT molecular complexity index is 580. The van der Waals surface area contributed by atoms with Gasteiger partial charge in [0.05, 0.1) is 0 Å². The fraction of sp³-hybridized carbons (Fsp3) is 0.294. The summed E-state index contributed by atoms with van der Waals surface area (Å²) in [5, 5.41) is 0. The van der Waals surface area contributed by atoms with Crippen molar-refractivity contribution in [3.63, 3.8) is 0 Å². The van der Waals surface area contributed by atoms with E-state index in [9.17, 15) is 0 Å². The maximum absolute atomic E-state index is 5.95. The Labute approximate surface area is 128 Å². The van der Waals surface area contributed by atoms with Crippen LogP contribution in [0.2, 0.25) is 0 Å². The van der Waals surface area contributed by atoms with Gasteiger partial charge in [-0.2, -0.15) is 0 Å². The van der Waals surface area contributed by atoms with E-state index in [0.29, 0.717) is 6.04 Å². The van der Waals surface area contributed by atoms with Crippen LogP contribution in [0.5, 0.6) is 0 Å². The quantitative estimate of drug-likeness (QED) is 0.930. The van der Waals surface area contributed by atoms with E-state index in [1.54, 1.807) is 0 Å². The molecular weight excluding hydrogens is 312 g/mol. The van der Waals surface area contributed by atoms with Crippen molar-refractivity contribution in [3.05, 3.63) is 58.6 Å². The lowest BCUT2D eigenvalue weighted by Crippen LogP contribution is -2.26. The number of likely N-dealkylation sites (tertiary alicyclic amines) is 1. The summed E-state index contributed by atoms with van der Waals surface area (Å²) < 4.78 is 1.14. The van der Waals surface area contributed by atoms with Crippen molar-refractivity contribution < 1.29 is 0 Å². The average Bonchev–Trinajstić information content (AvgIpc) is 2.86. The van der Waals surface area contributed by atoms with E-state index in [2.05, 4.69) is 63.3 Å². The van der Waals surface area contributed by atoms with Gasteiger partial charge in [-0.3, -0.25) is 4.90 Å². The van der Waals surface area contributed by atoms with Crippen LogP contribution in [-0.2, 0) is 6.54 Å². The summed E-state index contributed by atoms with van der Waals surface area (Å²) >= 11 is 3.61. The number of hydrogen-bond acceptors (Lipinski definition) is 2. The highest BCUT2D eigenvalue weighted by atomic mass is 79.9. The van der Waals surface area contributed by atoms with Crippen molar-refractivity contribution in [1.29, 1.82) is 0 Å². The van der Waals surface area contributed by atoms with E-state index in [0.717, 1.165) is 30.5 Å². The van der Waals surface area contributed by atoms with Crippen LogP contribution in [0.3, 0.4) is 0 Å². The summed E-state index contributed by atoms with van der Waals surface area (Å²) in [7, 11) is 0. The Kier molecular flexibility index (Phi) is 4.20. The standard InChI is InChI=1S/C17H19BrN2/c18-17-4-2-1-3-16(17)14-7-5-13(6-8-14)11-20-10-9-15(19)12-20/h1-8,15H,9-12,19H2/t15-/m0/s1.